The summed E-state index contributed by atoms with van der Waals surface area (Å²) in [6, 6.07) is 7.86. The number of fused-ring (bicyclic) bond motifs is 1. The molecule has 0 bridgehead atoms. The first kappa shape index (κ1) is 19.2. The molecule has 1 amide bonds. The number of amides is 1. The van der Waals surface area contributed by atoms with Crippen LogP contribution in [0.15, 0.2) is 34.0 Å². The van der Waals surface area contributed by atoms with E-state index in [2.05, 4.69) is 4.90 Å². The van der Waals surface area contributed by atoms with E-state index in [0.29, 0.717) is 47.6 Å². The number of anilines is 1. The van der Waals surface area contributed by atoms with E-state index in [0.717, 1.165) is 16.6 Å². The van der Waals surface area contributed by atoms with E-state index in [4.69, 9.17) is 17.0 Å². The summed E-state index contributed by atoms with van der Waals surface area (Å²) in [6.45, 7) is 5.04. The molecule has 2 saturated heterocycles. The second-order valence-electron chi connectivity index (χ2n) is 6.67. The van der Waals surface area contributed by atoms with Crippen LogP contribution in [0.5, 0.6) is 0 Å². The number of para-hydroxylation sites is 1. The number of benzene rings is 1. The molecule has 1 aromatic heterocycles. The van der Waals surface area contributed by atoms with Crippen molar-refractivity contribution in [3.63, 3.8) is 0 Å². The Labute approximate surface area is 172 Å². The molecule has 0 saturated carbocycles. The maximum absolute atomic E-state index is 13.3. The van der Waals surface area contributed by atoms with Crippen LogP contribution >= 0.6 is 24.0 Å². The average molecular weight is 416 g/mol. The summed E-state index contributed by atoms with van der Waals surface area (Å²) in [5.41, 5.74) is 2.14. The van der Waals surface area contributed by atoms with Crippen molar-refractivity contribution in [3.05, 3.63) is 45.1 Å². The third kappa shape index (κ3) is 3.15. The lowest BCUT2D eigenvalue weighted by Gasteiger charge is -2.31. The largest absolute Gasteiger partial charge is 0.378 e. The van der Waals surface area contributed by atoms with E-state index < -0.39 is 0 Å². The summed E-state index contributed by atoms with van der Waals surface area (Å²) in [4.78, 5) is 30.2. The number of pyridine rings is 1. The Morgan fingerprint density at radius 3 is 2.61 bits per heavy atom. The number of rotatable bonds is 3. The molecule has 2 aromatic rings. The van der Waals surface area contributed by atoms with Crippen molar-refractivity contribution in [2.75, 3.05) is 37.7 Å². The Morgan fingerprint density at radius 1 is 1.21 bits per heavy atom. The Morgan fingerprint density at radius 2 is 1.93 bits per heavy atom. The Balaban J connectivity index is 1.96. The number of carbonyl (C=O) groups is 1. The molecule has 0 radical (unpaired) electrons. The molecule has 0 aliphatic carbocycles. The summed E-state index contributed by atoms with van der Waals surface area (Å²) >= 11 is 6.57. The molecule has 0 unspecified atom stereocenters. The van der Waals surface area contributed by atoms with Crippen LogP contribution in [-0.4, -0.2) is 52.5 Å². The quantitative estimate of drug-likeness (QED) is 0.567. The predicted molar refractivity (Wildman–Crippen MR) is 118 cm³/mol. The fourth-order valence-corrected chi connectivity index (χ4v) is 5.03. The molecule has 2 aliphatic heterocycles. The number of aromatic nitrogens is 1. The van der Waals surface area contributed by atoms with Crippen molar-refractivity contribution >= 4 is 56.9 Å². The van der Waals surface area contributed by atoms with Gasteiger partial charge in [0.25, 0.3) is 11.5 Å². The summed E-state index contributed by atoms with van der Waals surface area (Å²) < 4.78 is 7.67. The fourth-order valence-electron chi connectivity index (χ4n) is 3.66. The van der Waals surface area contributed by atoms with Gasteiger partial charge in [-0.05, 0) is 19.1 Å². The highest BCUT2D eigenvalue weighted by Gasteiger charge is 2.32. The van der Waals surface area contributed by atoms with Gasteiger partial charge in [-0.25, -0.2) is 0 Å². The van der Waals surface area contributed by atoms with Crippen molar-refractivity contribution in [3.8, 4) is 0 Å². The van der Waals surface area contributed by atoms with E-state index >= 15 is 0 Å². The van der Waals surface area contributed by atoms with Crippen molar-refractivity contribution < 1.29 is 9.53 Å². The molecule has 2 aliphatic rings. The van der Waals surface area contributed by atoms with Crippen LogP contribution < -0.4 is 10.5 Å². The van der Waals surface area contributed by atoms with Crippen LogP contribution in [0.3, 0.4) is 0 Å². The smallest absolute Gasteiger partial charge is 0.266 e. The summed E-state index contributed by atoms with van der Waals surface area (Å²) in [7, 11) is 1.77. The molecule has 8 heteroatoms. The minimum Gasteiger partial charge on any atom is -0.378 e. The zero-order valence-corrected chi connectivity index (χ0v) is 17.4. The van der Waals surface area contributed by atoms with E-state index in [1.807, 2.05) is 31.2 Å². The predicted octanol–water partition coefficient (Wildman–Crippen LogP) is 2.60. The number of carbonyl (C=O) groups excluding carboxylic acids is 1. The molecule has 28 heavy (non-hydrogen) atoms. The standard InChI is InChI=1S/C20H21N3O3S2/c1-3-23-19(25)16(28-20(23)27)12-14-17(22-8-10-26-11-9-22)13-6-4-5-7-15(13)21(2)18(14)24/h4-7,12H,3,8-11H2,1-2H3. The molecule has 0 N–H and O–H groups in total. The third-order valence-corrected chi connectivity index (χ3v) is 6.48. The molecular formula is C20H21N3O3S2. The molecule has 4 rings (SSSR count). The second kappa shape index (κ2) is 7.69. The first-order valence-corrected chi connectivity index (χ1v) is 10.4. The first-order valence-electron chi connectivity index (χ1n) is 9.22. The number of likely N-dealkylation sites (N-methyl/N-ethyl adjacent to an activating group) is 1. The average Bonchev–Trinajstić information content (AvgIpc) is 2.99. The molecule has 6 nitrogen and oxygen atoms in total. The number of hydrogen-bond donors (Lipinski definition) is 0. The maximum Gasteiger partial charge on any atom is 0.266 e. The number of hydrogen-bond acceptors (Lipinski definition) is 6. The minimum absolute atomic E-state index is 0.123. The number of thioether (sulfide) groups is 1. The van der Waals surface area contributed by atoms with Gasteiger partial charge in [-0.3, -0.25) is 14.5 Å². The summed E-state index contributed by atoms with van der Waals surface area (Å²) in [5, 5.41) is 0.990. The van der Waals surface area contributed by atoms with Gasteiger partial charge in [0.2, 0.25) is 0 Å². The van der Waals surface area contributed by atoms with Crippen LogP contribution in [0.2, 0.25) is 0 Å². The van der Waals surface area contributed by atoms with Crippen LogP contribution in [0, 0.1) is 0 Å². The van der Waals surface area contributed by atoms with Crippen LogP contribution in [0.1, 0.15) is 12.5 Å². The van der Waals surface area contributed by atoms with Crippen LogP contribution in [-0.2, 0) is 16.6 Å². The normalized spacial score (nSPS) is 19.3. The van der Waals surface area contributed by atoms with Gasteiger partial charge in [-0.1, -0.05) is 42.2 Å². The van der Waals surface area contributed by atoms with Gasteiger partial charge in [0.1, 0.15) is 4.32 Å². The molecular weight excluding hydrogens is 394 g/mol. The summed E-state index contributed by atoms with van der Waals surface area (Å²) in [6.07, 6.45) is 1.72. The van der Waals surface area contributed by atoms with E-state index in [1.54, 1.807) is 22.6 Å². The minimum atomic E-state index is -0.138. The van der Waals surface area contributed by atoms with Gasteiger partial charge in [-0.15, -0.1) is 0 Å². The van der Waals surface area contributed by atoms with Crippen LogP contribution in [0.25, 0.3) is 17.0 Å². The van der Waals surface area contributed by atoms with Gasteiger partial charge < -0.3 is 14.2 Å². The van der Waals surface area contributed by atoms with Gasteiger partial charge in [-0.2, -0.15) is 0 Å². The van der Waals surface area contributed by atoms with Crippen LogP contribution in [0.4, 0.5) is 5.69 Å². The highest BCUT2D eigenvalue weighted by molar-refractivity contribution is 8.26. The van der Waals surface area contributed by atoms with Gasteiger partial charge >= 0.3 is 0 Å². The summed E-state index contributed by atoms with van der Waals surface area (Å²) in [5.74, 6) is -0.138. The maximum atomic E-state index is 13.3. The van der Waals surface area contributed by atoms with Crippen molar-refractivity contribution in [2.24, 2.45) is 7.05 Å². The number of morpholine rings is 1. The van der Waals surface area contributed by atoms with E-state index in [1.165, 1.54) is 11.8 Å². The van der Waals surface area contributed by atoms with Crippen molar-refractivity contribution in [2.45, 2.75) is 6.92 Å². The fraction of sp³-hybridized carbons (Fsp3) is 0.350. The zero-order valence-electron chi connectivity index (χ0n) is 15.8. The highest BCUT2D eigenvalue weighted by Crippen LogP contribution is 2.36. The SMILES string of the molecule is CCN1C(=O)C(=Cc2c(N3CCOCC3)c3ccccc3n(C)c2=O)SC1=S. The molecule has 0 atom stereocenters. The topological polar surface area (TPSA) is 54.8 Å². The third-order valence-electron chi connectivity index (χ3n) is 5.10. The Kier molecular flexibility index (Phi) is 5.27. The monoisotopic (exact) mass is 415 g/mol. The van der Waals surface area contributed by atoms with Gasteiger partial charge in [0.05, 0.1) is 34.9 Å². The number of aryl methyl sites for hydroxylation is 1. The molecule has 2 fully saturated rings. The number of nitrogens with zero attached hydrogens (tertiary/aromatic N) is 3. The lowest BCUT2D eigenvalue weighted by Crippen LogP contribution is -2.38. The molecule has 1 aromatic carbocycles. The van der Waals surface area contributed by atoms with Gasteiger partial charge in [0.15, 0.2) is 0 Å². The Bertz CT molecular complexity index is 1050. The Hall–Kier alpha value is -2.16. The first-order chi connectivity index (χ1) is 13.5. The molecule has 0 spiro atoms. The molecule has 3 heterocycles. The van der Waals surface area contributed by atoms with Gasteiger partial charge in [0, 0.05) is 32.1 Å². The lowest BCUT2D eigenvalue weighted by molar-refractivity contribution is -0.121. The van der Waals surface area contributed by atoms with Crippen molar-refractivity contribution in [1.29, 1.82) is 0 Å². The van der Waals surface area contributed by atoms with E-state index in [9.17, 15) is 9.59 Å². The lowest BCUT2D eigenvalue weighted by atomic mass is 10.1. The number of ether oxygens (including phenoxy) is 1. The second-order valence-corrected chi connectivity index (χ2v) is 8.34. The zero-order chi connectivity index (χ0) is 19.8. The number of thiocarbonyl (C=S) groups is 1. The highest BCUT2D eigenvalue weighted by atomic mass is 32.2. The van der Waals surface area contributed by atoms with E-state index in [-0.39, 0.29) is 11.5 Å². The van der Waals surface area contributed by atoms with Crippen molar-refractivity contribution in [1.82, 2.24) is 9.47 Å². The molecule has 146 valence electrons.